The maximum Gasteiger partial charge on any atom is 0.134 e. The molecule has 0 radical (unpaired) electrons. The zero-order chi connectivity index (χ0) is 13.1. The van der Waals surface area contributed by atoms with Crippen molar-refractivity contribution in [3.8, 4) is 0 Å². The predicted octanol–water partition coefficient (Wildman–Crippen LogP) is 2.38. The average molecular weight is 256 g/mol. The van der Waals surface area contributed by atoms with E-state index in [9.17, 15) is 0 Å². The third-order valence-electron chi connectivity index (χ3n) is 3.13. The average Bonchev–Trinajstić information content (AvgIpc) is 3.07. The molecule has 19 heavy (non-hydrogen) atoms. The van der Waals surface area contributed by atoms with Crippen molar-refractivity contribution in [2.45, 2.75) is 19.5 Å². The van der Waals surface area contributed by atoms with Crippen LogP contribution in [0.4, 0.5) is 0 Å². The number of para-hydroxylation sites is 1. The molecular formula is C14H16N4O. The smallest absolute Gasteiger partial charge is 0.134 e. The molecule has 0 saturated carbocycles. The molecule has 0 spiro atoms. The van der Waals surface area contributed by atoms with Crippen LogP contribution >= 0.6 is 0 Å². The molecule has 1 atom stereocenters. The molecule has 2 heterocycles. The molecule has 5 nitrogen and oxygen atoms in total. The van der Waals surface area contributed by atoms with Gasteiger partial charge in [-0.1, -0.05) is 23.4 Å². The van der Waals surface area contributed by atoms with Crippen LogP contribution in [0.1, 0.15) is 18.7 Å². The van der Waals surface area contributed by atoms with Crippen molar-refractivity contribution in [2.24, 2.45) is 0 Å². The first-order valence-corrected chi connectivity index (χ1v) is 6.39. The molecule has 0 fully saturated rings. The maximum absolute atomic E-state index is 5.82. The van der Waals surface area contributed by atoms with Gasteiger partial charge in [0, 0.05) is 18.1 Å². The molecule has 0 bridgehead atoms. The van der Waals surface area contributed by atoms with Crippen LogP contribution in [-0.2, 0) is 6.54 Å². The fourth-order valence-corrected chi connectivity index (χ4v) is 2.06. The summed E-state index contributed by atoms with van der Waals surface area (Å²) in [4.78, 5) is 0. The largest absolute Gasteiger partial charge is 0.459 e. The lowest BCUT2D eigenvalue weighted by Gasteiger charge is -2.10. The third kappa shape index (κ3) is 2.66. The minimum absolute atomic E-state index is 0.177. The number of rotatable bonds is 5. The van der Waals surface area contributed by atoms with Crippen molar-refractivity contribution in [3.05, 3.63) is 48.5 Å². The van der Waals surface area contributed by atoms with E-state index in [1.807, 2.05) is 24.4 Å². The lowest BCUT2D eigenvalue weighted by molar-refractivity contribution is 0.433. The van der Waals surface area contributed by atoms with Crippen LogP contribution in [0.25, 0.3) is 11.0 Å². The highest BCUT2D eigenvalue weighted by Crippen LogP contribution is 2.23. The highest BCUT2D eigenvalue weighted by Gasteiger charge is 2.10. The second kappa shape index (κ2) is 5.24. The van der Waals surface area contributed by atoms with Crippen molar-refractivity contribution >= 4 is 11.0 Å². The highest BCUT2D eigenvalue weighted by atomic mass is 16.3. The summed E-state index contributed by atoms with van der Waals surface area (Å²) in [6, 6.07) is 10.3. The molecule has 3 rings (SSSR count). The Hall–Kier alpha value is -2.14. The van der Waals surface area contributed by atoms with Crippen LogP contribution in [0, 0.1) is 0 Å². The Labute approximate surface area is 111 Å². The summed E-state index contributed by atoms with van der Waals surface area (Å²) in [5.74, 6) is 0.958. The molecular weight excluding hydrogens is 240 g/mol. The monoisotopic (exact) mass is 256 g/mol. The normalized spacial score (nSPS) is 12.9. The Morgan fingerprint density at radius 2 is 2.26 bits per heavy atom. The molecule has 0 aliphatic carbocycles. The van der Waals surface area contributed by atoms with E-state index in [4.69, 9.17) is 4.42 Å². The predicted molar refractivity (Wildman–Crippen MR) is 72.7 cm³/mol. The molecule has 2 aromatic heterocycles. The fourth-order valence-electron chi connectivity index (χ4n) is 2.06. The van der Waals surface area contributed by atoms with Crippen LogP contribution < -0.4 is 5.32 Å². The van der Waals surface area contributed by atoms with Crippen molar-refractivity contribution in [1.82, 2.24) is 20.3 Å². The van der Waals surface area contributed by atoms with Gasteiger partial charge in [-0.2, -0.15) is 0 Å². The SMILES string of the molecule is CC(NCCn1ccnn1)c1cc2ccccc2o1. The Morgan fingerprint density at radius 3 is 3.05 bits per heavy atom. The first-order chi connectivity index (χ1) is 9.33. The van der Waals surface area contributed by atoms with Gasteiger partial charge in [0.25, 0.3) is 0 Å². The van der Waals surface area contributed by atoms with E-state index in [0.717, 1.165) is 29.8 Å². The zero-order valence-electron chi connectivity index (χ0n) is 10.8. The van der Waals surface area contributed by atoms with Crippen LogP contribution in [0.3, 0.4) is 0 Å². The number of nitrogens with one attached hydrogen (secondary N) is 1. The number of benzene rings is 1. The second-order valence-electron chi connectivity index (χ2n) is 4.53. The topological polar surface area (TPSA) is 55.9 Å². The van der Waals surface area contributed by atoms with Gasteiger partial charge in [-0.3, -0.25) is 4.68 Å². The van der Waals surface area contributed by atoms with E-state index in [2.05, 4.69) is 34.7 Å². The number of hydrogen-bond acceptors (Lipinski definition) is 4. The second-order valence-corrected chi connectivity index (χ2v) is 4.53. The van der Waals surface area contributed by atoms with E-state index >= 15 is 0 Å². The van der Waals surface area contributed by atoms with Crippen molar-refractivity contribution in [1.29, 1.82) is 0 Å². The summed E-state index contributed by atoms with van der Waals surface area (Å²) in [5.41, 5.74) is 0.933. The molecule has 0 saturated heterocycles. The van der Waals surface area contributed by atoms with Crippen molar-refractivity contribution in [3.63, 3.8) is 0 Å². The first-order valence-electron chi connectivity index (χ1n) is 6.39. The van der Waals surface area contributed by atoms with E-state index in [1.165, 1.54) is 0 Å². The summed E-state index contributed by atoms with van der Waals surface area (Å²) in [5, 5.41) is 12.3. The molecule has 1 aromatic carbocycles. The van der Waals surface area contributed by atoms with E-state index in [0.29, 0.717) is 0 Å². The van der Waals surface area contributed by atoms with Gasteiger partial charge in [0.05, 0.1) is 18.8 Å². The minimum atomic E-state index is 0.177. The zero-order valence-corrected chi connectivity index (χ0v) is 10.8. The van der Waals surface area contributed by atoms with Crippen LogP contribution in [0.15, 0.2) is 47.1 Å². The molecule has 1 N–H and O–H groups in total. The summed E-state index contributed by atoms with van der Waals surface area (Å²) in [6.45, 7) is 3.71. The number of fused-ring (bicyclic) bond motifs is 1. The fraction of sp³-hybridized carbons (Fsp3) is 0.286. The van der Waals surface area contributed by atoms with Gasteiger partial charge in [0.1, 0.15) is 11.3 Å². The molecule has 0 amide bonds. The van der Waals surface area contributed by atoms with Crippen LogP contribution in [0.5, 0.6) is 0 Å². The third-order valence-corrected chi connectivity index (χ3v) is 3.13. The Balaban J connectivity index is 1.61. The van der Waals surface area contributed by atoms with E-state index in [-0.39, 0.29) is 6.04 Å². The maximum atomic E-state index is 5.82. The van der Waals surface area contributed by atoms with Gasteiger partial charge in [0.15, 0.2) is 0 Å². The highest BCUT2D eigenvalue weighted by molar-refractivity contribution is 5.77. The quantitative estimate of drug-likeness (QED) is 0.761. The van der Waals surface area contributed by atoms with Crippen LogP contribution in [-0.4, -0.2) is 21.5 Å². The summed E-state index contributed by atoms with van der Waals surface area (Å²) in [6.07, 6.45) is 3.54. The van der Waals surface area contributed by atoms with Crippen molar-refractivity contribution < 1.29 is 4.42 Å². The Bertz CT molecular complexity index is 611. The van der Waals surface area contributed by atoms with Crippen molar-refractivity contribution in [2.75, 3.05) is 6.54 Å². The molecule has 0 aliphatic rings. The van der Waals surface area contributed by atoms with Gasteiger partial charge in [-0.15, -0.1) is 5.10 Å². The van der Waals surface area contributed by atoms with Gasteiger partial charge in [0.2, 0.25) is 0 Å². The molecule has 98 valence electrons. The van der Waals surface area contributed by atoms with E-state index < -0.39 is 0 Å². The van der Waals surface area contributed by atoms with Gasteiger partial charge < -0.3 is 9.73 Å². The summed E-state index contributed by atoms with van der Waals surface area (Å²) in [7, 11) is 0. The molecule has 3 aromatic rings. The minimum Gasteiger partial charge on any atom is -0.459 e. The Morgan fingerprint density at radius 1 is 1.37 bits per heavy atom. The summed E-state index contributed by atoms with van der Waals surface area (Å²) >= 11 is 0. The molecule has 1 unspecified atom stereocenters. The number of aromatic nitrogens is 3. The van der Waals surface area contributed by atoms with Crippen LogP contribution in [0.2, 0.25) is 0 Å². The molecule has 5 heteroatoms. The number of furan rings is 1. The van der Waals surface area contributed by atoms with Gasteiger partial charge >= 0.3 is 0 Å². The number of nitrogens with zero attached hydrogens (tertiary/aromatic N) is 3. The van der Waals surface area contributed by atoms with Gasteiger partial charge in [-0.05, 0) is 19.1 Å². The standard InChI is InChI=1S/C14H16N4O/c1-11(15-6-8-18-9-7-16-17-18)14-10-12-4-2-3-5-13(12)19-14/h2-5,7,9-11,15H,6,8H2,1H3. The van der Waals surface area contributed by atoms with E-state index in [1.54, 1.807) is 10.9 Å². The first kappa shape index (κ1) is 11.9. The molecule has 0 aliphatic heterocycles. The van der Waals surface area contributed by atoms with Gasteiger partial charge in [-0.25, -0.2) is 0 Å². The lowest BCUT2D eigenvalue weighted by atomic mass is 10.2. The summed E-state index contributed by atoms with van der Waals surface area (Å²) < 4.78 is 7.62. The number of hydrogen-bond donors (Lipinski definition) is 1. The Kier molecular flexibility index (Phi) is 3.29. The lowest BCUT2D eigenvalue weighted by Crippen LogP contribution is -2.23.